The van der Waals surface area contributed by atoms with Crippen LogP contribution in [0.2, 0.25) is 0 Å². The van der Waals surface area contributed by atoms with E-state index in [1.54, 1.807) is 19.5 Å². The number of methoxy groups -OCH3 is 1. The summed E-state index contributed by atoms with van der Waals surface area (Å²) in [4.78, 5) is 9.00. The number of β-amino-alcohol motifs (C(OH)–C–C–N with tert-alkyl or cyclic N) is 1. The molecule has 0 amide bonds. The summed E-state index contributed by atoms with van der Waals surface area (Å²) < 4.78 is 10.9. The number of nitrogens with zero attached hydrogens (tertiary/aromatic N) is 3. The molecular formula is C27H33N3O3. The molecule has 0 radical (unpaired) electrons. The Morgan fingerprint density at radius 2 is 1.55 bits per heavy atom. The van der Waals surface area contributed by atoms with Crippen molar-refractivity contribution in [1.82, 2.24) is 14.8 Å². The van der Waals surface area contributed by atoms with E-state index in [0.29, 0.717) is 25.5 Å². The summed E-state index contributed by atoms with van der Waals surface area (Å²) in [6.07, 6.45) is 2.90. The number of aliphatic hydroxyl groups is 1. The molecule has 0 aliphatic carbocycles. The first kappa shape index (κ1) is 23.4. The molecule has 2 heterocycles. The Labute approximate surface area is 196 Å². The Morgan fingerprint density at radius 1 is 0.909 bits per heavy atom. The smallest absolute Gasteiger partial charge is 0.137 e. The second-order valence-electron chi connectivity index (χ2n) is 8.46. The van der Waals surface area contributed by atoms with E-state index in [9.17, 15) is 5.11 Å². The molecule has 0 spiro atoms. The standard InChI is InChI=1S/C27H33N3O3/c1-32-26-16-22(17-28-18-26)20-33-21-25(31)19-29-12-14-30(15-13-29)27(23-8-4-2-5-9-23)24-10-6-3-7-11-24/h2-11,16-18,25,27,31H,12-15,19-21H2,1H3. The molecule has 174 valence electrons. The van der Waals surface area contributed by atoms with Crippen molar-refractivity contribution in [1.29, 1.82) is 0 Å². The molecule has 33 heavy (non-hydrogen) atoms. The minimum Gasteiger partial charge on any atom is -0.495 e. The van der Waals surface area contributed by atoms with Crippen LogP contribution in [0.3, 0.4) is 0 Å². The van der Waals surface area contributed by atoms with E-state index < -0.39 is 6.10 Å². The van der Waals surface area contributed by atoms with Gasteiger partial charge in [0, 0.05) is 38.9 Å². The van der Waals surface area contributed by atoms with Crippen molar-refractivity contribution < 1.29 is 14.6 Å². The Hall–Kier alpha value is -2.77. The van der Waals surface area contributed by atoms with Gasteiger partial charge in [-0.2, -0.15) is 0 Å². The first-order chi connectivity index (χ1) is 16.2. The fraction of sp³-hybridized carbons (Fsp3) is 0.370. The Kier molecular flexibility index (Phi) is 8.44. The van der Waals surface area contributed by atoms with E-state index in [-0.39, 0.29) is 6.04 Å². The lowest BCUT2D eigenvalue weighted by Crippen LogP contribution is -2.50. The fourth-order valence-electron chi connectivity index (χ4n) is 4.41. The molecule has 3 aromatic rings. The average molecular weight is 448 g/mol. The number of hydrogen-bond donors (Lipinski definition) is 1. The van der Waals surface area contributed by atoms with Crippen LogP contribution in [0.1, 0.15) is 22.7 Å². The van der Waals surface area contributed by atoms with Gasteiger partial charge in [-0.1, -0.05) is 60.7 Å². The molecule has 0 bridgehead atoms. The third-order valence-corrected chi connectivity index (χ3v) is 6.06. The lowest BCUT2D eigenvalue weighted by molar-refractivity contribution is -0.000793. The maximum atomic E-state index is 10.5. The Bertz CT molecular complexity index is 923. The molecule has 0 saturated carbocycles. The molecule has 1 saturated heterocycles. The van der Waals surface area contributed by atoms with Gasteiger partial charge in [0.15, 0.2) is 0 Å². The van der Waals surface area contributed by atoms with E-state index in [4.69, 9.17) is 9.47 Å². The van der Waals surface area contributed by atoms with Crippen LogP contribution in [-0.2, 0) is 11.3 Å². The lowest BCUT2D eigenvalue weighted by atomic mass is 9.96. The highest BCUT2D eigenvalue weighted by molar-refractivity contribution is 5.32. The maximum absolute atomic E-state index is 10.5. The number of piperazine rings is 1. The lowest BCUT2D eigenvalue weighted by Gasteiger charge is -2.40. The number of pyridine rings is 1. The molecule has 1 fully saturated rings. The highest BCUT2D eigenvalue weighted by Gasteiger charge is 2.27. The maximum Gasteiger partial charge on any atom is 0.137 e. The van der Waals surface area contributed by atoms with Crippen LogP contribution in [0.15, 0.2) is 79.1 Å². The Balaban J connectivity index is 1.27. The topological polar surface area (TPSA) is 58.1 Å². The summed E-state index contributed by atoms with van der Waals surface area (Å²) in [5, 5.41) is 10.5. The number of rotatable bonds is 10. The first-order valence-electron chi connectivity index (χ1n) is 11.5. The molecule has 1 aliphatic heterocycles. The molecule has 6 heteroatoms. The van der Waals surface area contributed by atoms with Gasteiger partial charge in [0.1, 0.15) is 5.75 Å². The third kappa shape index (κ3) is 6.62. The molecule has 1 aromatic heterocycles. The van der Waals surface area contributed by atoms with Crippen LogP contribution in [0.25, 0.3) is 0 Å². The minimum absolute atomic E-state index is 0.249. The van der Waals surface area contributed by atoms with Crippen LogP contribution in [0.5, 0.6) is 5.75 Å². The number of benzene rings is 2. The summed E-state index contributed by atoms with van der Waals surface area (Å²) >= 11 is 0. The number of hydrogen-bond acceptors (Lipinski definition) is 6. The highest BCUT2D eigenvalue weighted by atomic mass is 16.5. The zero-order valence-corrected chi connectivity index (χ0v) is 19.2. The van der Waals surface area contributed by atoms with E-state index in [1.165, 1.54) is 11.1 Å². The van der Waals surface area contributed by atoms with Gasteiger partial charge in [0.25, 0.3) is 0 Å². The summed E-state index contributed by atoms with van der Waals surface area (Å²) in [5.41, 5.74) is 3.57. The van der Waals surface area contributed by atoms with Crippen molar-refractivity contribution in [3.63, 3.8) is 0 Å². The molecule has 1 N–H and O–H groups in total. The van der Waals surface area contributed by atoms with Crippen molar-refractivity contribution >= 4 is 0 Å². The van der Waals surface area contributed by atoms with Crippen molar-refractivity contribution in [2.75, 3.05) is 46.4 Å². The van der Waals surface area contributed by atoms with Gasteiger partial charge in [0.2, 0.25) is 0 Å². The van der Waals surface area contributed by atoms with Crippen molar-refractivity contribution in [2.45, 2.75) is 18.8 Å². The van der Waals surface area contributed by atoms with Gasteiger partial charge >= 0.3 is 0 Å². The van der Waals surface area contributed by atoms with E-state index in [2.05, 4.69) is 75.4 Å². The number of aromatic nitrogens is 1. The van der Waals surface area contributed by atoms with Gasteiger partial charge in [0.05, 0.1) is 38.7 Å². The van der Waals surface area contributed by atoms with Crippen molar-refractivity contribution in [2.24, 2.45) is 0 Å². The minimum atomic E-state index is -0.519. The largest absolute Gasteiger partial charge is 0.495 e. The number of aliphatic hydroxyl groups excluding tert-OH is 1. The van der Waals surface area contributed by atoms with Crippen LogP contribution < -0.4 is 4.74 Å². The third-order valence-electron chi connectivity index (χ3n) is 6.06. The molecule has 6 nitrogen and oxygen atoms in total. The van der Waals surface area contributed by atoms with Crippen LogP contribution in [0.4, 0.5) is 0 Å². The second-order valence-corrected chi connectivity index (χ2v) is 8.46. The molecule has 2 aromatic carbocycles. The van der Waals surface area contributed by atoms with E-state index in [1.807, 2.05) is 6.07 Å². The van der Waals surface area contributed by atoms with E-state index in [0.717, 1.165) is 31.7 Å². The quantitative estimate of drug-likeness (QED) is 0.514. The molecule has 4 rings (SSSR count). The van der Waals surface area contributed by atoms with E-state index >= 15 is 0 Å². The predicted molar refractivity (Wildman–Crippen MR) is 129 cm³/mol. The zero-order valence-electron chi connectivity index (χ0n) is 19.2. The van der Waals surface area contributed by atoms with Gasteiger partial charge in [-0.25, -0.2) is 0 Å². The van der Waals surface area contributed by atoms with Gasteiger partial charge in [-0.15, -0.1) is 0 Å². The van der Waals surface area contributed by atoms with Crippen molar-refractivity contribution in [3.8, 4) is 5.75 Å². The van der Waals surface area contributed by atoms with Gasteiger partial charge in [-0.05, 0) is 22.8 Å². The Morgan fingerprint density at radius 3 is 2.15 bits per heavy atom. The molecule has 1 atom stereocenters. The summed E-state index contributed by atoms with van der Waals surface area (Å²) in [6.45, 7) is 5.08. The van der Waals surface area contributed by atoms with Crippen LogP contribution in [-0.4, -0.2) is 72.4 Å². The fourth-order valence-corrected chi connectivity index (χ4v) is 4.41. The normalized spacial score (nSPS) is 16.1. The van der Waals surface area contributed by atoms with Crippen LogP contribution >= 0.6 is 0 Å². The monoisotopic (exact) mass is 447 g/mol. The molecule has 1 unspecified atom stereocenters. The SMILES string of the molecule is COc1cncc(COCC(O)CN2CCN(C(c3ccccc3)c3ccccc3)CC2)c1. The second kappa shape index (κ2) is 11.9. The predicted octanol–water partition coefficient (Wildman–Crippen LogP) is 3.37. The summed E-state index contributed by atoms with van der Waals surface area (Å²) in [5.74, 6) is 0.707. The number of ether oxygens (including phenoxy) is 2. The van der Waals surface area contributed by atoms with Gasteiger partial charge < -0.3 is 14.6 Å². The van der Waals surface area contributed by atoms with Crippen LogP contribution in [0, 0.1) is 0 Å². The summed E-state index contributed by atoms with van der Waals surface area (Å²) in [6, 6.07) is 23.6. The molecule has 1 aliphatic rings. The molecular weight excluding hydrogens is 414 g/mol. The van der Waals surface area contributed by atoms with Gasteiger partial charge in [-0.3, -0.25) is 14.8 Å². The zero-order chi connectivity index (χ0) is 22.9. The first-order valence-corrected chi connectivity index (χ1v) is 11.5. The average Bonchev–Trinajstić information content (AvgIpc) is 2.87. The summed E-state index contributed by atoms with van der Waals surface area (Å²) in [7, 11) is 1.62. The van der Waals surface area contributed by atoms with Crippen molar-refractivity contribution in [3.05, 3.63) is 95.8 Å². The highest BCUT2D eigenvalue weighted by Crippen LogP contribution is 2.29.